The first-order chi connectivity index (χ1) is 5.85. The van der Waals surface area contributed by atoms with Crippen LogP contribution in [0.4, 0.5) is 0 Å². The maximum atomic E-state index is 5.85. The summed E-state index contributed by atoms with van der Waals surface area (Å²) in [7, 11) is 0. The molecule has 0 aromatic heterocycles. The van der Waals surface area contributed by atoms with Crippen LogP contribution in [0.3, 0.4) is 0 Å². The lowest BCUT2D eigenvalue weighted by Gasteiger charge is -2.34. The van der Waals surface area contributed by atoms with E-state index in [0.29, 0.717) is 0 Å². The van der Waals surface area contributed by atoms with Crippen LogP contribution in [0.5, 0.6) is 0 Å². The molecule has 2 aliphatic rings. The zero-order valence-electron chi connectivity index (χ0n) is 7.81. The Morgan fingerprint density at radius 2 is 2.50 bits per heavy atom. The molecule has 1 unspecified atom stereocenters. The molecule has 12 heavy (non-hydrogen) atoms. The summed E-state index contributed by atoms with van der Waals surface area (Å²) in [6.07, 6.45) is 1.20. The average Bonchev–Trinajstić information content (AvgIpc) is 2.50. The molecule has 3 nitrogen and oxygen atoms in total. The van der Waals surface area contributed by atoms with Crippen LogP contribution in [0.15, 0.2) is 0 Å². The monoisotopic (exact) mass is 170 g/mol. The highest BCUT2D eigenvalue weighted by atomic mass is 16.5. The number of likely N-dealkylation sites (tertiary alicyclic amines) is 1. The number of nitrogens with zero attached hydrogens (tertiary/aromatic N) is 1. The van der Waals surface area contributed by atoms with Gasteiger partial charge in [0.15, 0.2) is 0 Å². The standard InChI is InChI=1S/C9H18N2O/c1-2-11-5-3-9(8-11)7-10-4-6-12-9/h10H,2-8H2,1H3. The lowest BCUT2D eigenvalue weighted by Crippen LogP contribution is -2.51. The van der Waals surface area contributed by atoms with Crippen LogP contribution in [0.25, 0.3) is 0 Å². The van der Waals surface area contributed by atoms with Crippen molar-refractivity contribution in [2.75, 3.05) is 39.3 Å². The topological polar surface area (TPSA) is 24.5 Å². The van der Waals surface area contributed by atoms with Crippen molar-refractivity contribution in [2.24, 2.45) is 0 Å². The van der Waals surface area contributed by atoms with Gasteiger partial charge in [-0.15, -0.1) is 0 Å². The molecule has 1 N–H and O–H groups in total. The normalized spacial score (nSPS) is 37.8. The Balaban J connectivity index is 1.94. The molecule has 2 saturated heterocycles. The van der Waals surface area contributed by atoms with Crippen LogP contribution in [-0.2, 0) is 4.74 Å². The third kappa shape index (κ3) is 1.49. The van der Waals surface area contributed by atoms with Gasteiger partial charge in [-0.25, -0.2) is 0 Å². The van der Waals surface area contributed by atoms with E-state index in [4.69, 9.17) is 4.74 Å². The molecule has 2 rings (SSSR count). The molecular formula is C9H18N2O. The molecule has 0 radical (unpaired) electrons. The van der Waals surface area contributed by atoms with Gasteiger partial charge in [-0.3, -0.25) is 0 Å². The summed E-state index contributed by atoms with van der Waals surface area (Å²) in [5.41, 5.74) is 0.161. The minimum absolute atomic E-state index is 0.161. The number of ether oxygens (including phenoxy) is 1. The van der Waals surface area contributed by atoms with Gasteiger partial charge in [0, 0.05) is 26.2 Å². The molecule has 0 bridgehead atoms. The number of hydrogen-bond donors (Lipinski definition) is 1. The van der Waals surface area contributed by atoms with Crippen molar-refractivity contribution in [1.29, 1.82) is 0 Å². The van der Waals surface area contributed by atoms with E-state index in [-0.39, 0.29) is 5.60 Å². The maximum absolute atomic E-state index is 5.85. The van der Waals surface area contributed by atoms with E-state index >= 15 is 0 Å². The van der Waals surface area contributed by atoms with E-state index in [2.05, 4.69) is 17.1 Å². The van der Waals surface area contributed by atoms with Crippen molar-refractivity contribution in [3.05, 3.63) is 0 Å². The fourth-order valence-electron chi connectivity index (χ4n) is 2.17. The molecule has 0 saturated carbocycles. The second-order valence-corrected chi connectivity index (χ2v) is 3.83. The quantitative estimate of drug-likeness (QED) is 0.603. The molecule has 70 valence electrons. The molecular weight excluding hydrogens is 152 g/mol. The van der Waals surface area contributed by atoms with Gasteiger partial charge in [0.05, 0.1) is 12.2 Å². The van der Waals surface area contributed by atoms with Gasteiger partial charge in [-0.1, -0.05) is 6.92 Å². The van der Waals surface area contributed by atoms with E-state index in [1.807, 2.05) is 0 Å². The lowest BCUT2D eigenvalue weighted by molar-refractivity contribution is -0.0569. The Kier molecular flexibility index (Phi) is 2.35. The van der Waals surface area contributed by atoms with Crippen molar-refractivity contribution >= 4 is 0 Å². The van der Waals surface area contributed by atoms with E-state index in [0.717, 1.165) is 32.8 Å². The minimum atomic E-state index is 0.161. The Bertz CT molecular complexity index is 155. The van der Waals surface area contributed by atoms with Crippen molar-refractivity contribution in [3.8, 4) is 0 Å². The Hall–Kier alpha value is -0.120. The fraction of sp³-hybridized carbons (Fsp3) is 1.00. The first kappa shape index (κ1) is 8.48. The van der Waals surface area contributed by atoms with Gasteiger partial charge in [-0.2, -0.15) is 0 Å². The number of nitrogens with one attached hydrogen (secondary N) is 1. The minimum Gasteiger partial charge on any atom is -0.371 e. The Morgan fingerprint density at radius 3 is 3.08 bits per heavy atom. The Labute approximate surface area is 74.1 Å². The number of hydrogen-bond acceptors (Lipinski definition) is 3. The maximum Gasteiger partial charge on any atom is 0.0945 e. The average molecular weight is 170 g/mol. The van der Waals surface area contributed by atoms with Gasteiger partial charge >= 0.3 is 0 Å². The molecule has 0 aliphatic carbocycles. The summed E-state index contributed by atoms with van der Waals surface area (Å²) in [5, 5.41) is 3.41. The molecule has 0 aromatic rings. The van der Waals surface area contributed by atoms with Gasteiger partial charge in [-0.05, 0) is 13.0 Å². The molecule has 1 spiro atoms. The fourth-order valence-corrected chi connectivity index (χ4v) is 2.17. The first-order valence-electron chi connectivity index (χ1n) is 4.92. The van der Waals surface area contributed by atoms with Gasteiger partial charge in [0.25, 0.3) is 0 Å². The highest BCUT2D eigenvalue weighted by molar-refractivity contribution is 4.95. The molecule has 2 aliphatic heterocycles. The summed E-state index contributed by atoms with van der Waals surface area (Å²) in [5.74, 6) is 0. The predicted octanol–water partition coefficient (Wildman–Crippen LogP) is 0.0706. The van der Waals surface area contributed by atoms with Gasteiger partial charge in [0.1, 0.15) is 0 Å². The Morgan fingerprint density at radius 1 is 1.58 bits per heavy atom. The summed E-state index contributed by atoms with van der Waals surface area (Å²) in [4.78, 5) is 2.47. The van der Waals surface area contributed by atoms with E-state index in [1.54, 1.807) is 0 Å². The third-order valence-corrected chi connectivity index (χ3v) is 2.98. The third-order valence-electron chi connectivity index (χ3n) is 2.98. The van der Waals surface area contributed by atoms with Crippen LogP contribution in [0.1, 0.15) is 13.3 Å². The zero-order valence-corrected chi connectivity index (χ0v) is 7.81. The smallest absolute Gasteiger partial charge is 0.0945 e. The molecule has 3 heteroatoms. The molecule has 2 fully saturated rings. The van der Waals surface area contributed by atoms with E-state index in [9.17, 15) is 0 Å². The predicted molar refractivity (Wildman–Crippen MR) is 48.3 cm³/mol. The van der Waals surface area contributed by atoms with Gasteiger partial charge < -0.3 is 15.0 Å². The second-order valence-electron chi connectivity index (χ2n) is 3.83. The zero-order chi connectivity index (χ0) is 8.44. The summed E-state index contributed by atoms with van der Waals surface area (Å²) < 4.78 is 5.85. The summed E-state index contributed by atoms with van der Waals surface area (Å²) in [6, 6.07) is 0. The molecule has 0 amide bonds. The first-order valence-corrected chi connectivity index (χ1v) is 4.92. The number of likely N-dealkylation sites (N-methyl/N-ethyl adjacent to an activating group) is 1. The lowest BCUT2D eigenvalue weighted by atomic mass is 10.0. The number of rotatable bonds is 1. The van der Waals surface area contributed by atoms with Crippen molar-refractivity contribution < 1.29 is 4.74 Å². The van der Waals surface area contributed by atoms with Crippen LogP contribution in [-0.4, -0.2) is 49.8 Å². The van der Waals surface area contributed by atoms with Crippen molar-refractivity contribution in [2.45, 2.75) is 18.9 Å². The highest BCUT2D eigenvalue weighted by Crippen LogP contribution is 2.25. The molecule has 1 atom stereocenters. The van der Waals surface area contributed by atoms with Gasteiger partial charge in [0.2, 0.25) is 0 Å². The molecule has 2 heterocycles. The van der Waals surface area contributed by atoms with Crippen molar-refractivity contribution in [1.82, 2.24) is 10.2 Å². The van der Waals surface area contributed by atoms with Crippen LogP contribution in [0.2, 0.25) is 0 Å². The van der Waals surface area contributed by atoms with Crippen LogP contribution < -0.4 is 5.32 Å². The van der Waals surface area contributed by atoms with Crippen LogP contribution in [0, 0.1) is 0 Å². The SMILES string of the molecule is CCN1CCC2(CNCCO2)C1. The van der Waals surface area contributed by atoms with E-state index in [1.165, 1.54) is 13.0 Å². The highest BCUT2D eigenvalue weighted by Gasteiger charge is 2.39. The number of morpholine rings is 1. The summed E-state index contributed by atoms with van der Waals surface area (Å²) >= 11 is 0. The molecule has 0 aromatic carbocycles. The van der Waals surface area contributed by atoms with Crippen LogP contribution >= 0.6 is 0 Å². The second kappa shape index (κ2) is 3.32. The van der Waals surface area contributed by atoms with E-state index < -0.39 is 0 Å². The summed E-state index contributed by atoms with van der Waals surface area (Å²) in [6.45, 7) is 8.66. The van der Waals surface area contributed by atoms with Crippen molar-refractivity contribution in [3.63, 3.8) is 0 Å². The largest absolute Gasteiger partial charge is 0.371 e.